The molecule has 0 fully saturated rings. The summed E-state index contributed by atoms with van der Waals surface area (Å²) in [4.78, 5) is 24.7. The van der Waals surface area contributed by atoms with Crippen molar-refractivity contribution in [2.75, 3.05) is 4.72 Å². The maximum Gasteiger partial charge on any atom is 0.261 e. The lowest BCUT2D eigenvalue weighted by atomic mass is 9.92. The van der Waals surface area contributed by atoms with Crippen molar-refractivity contribution in [3.63, 3.8) is 0 Å². The van der Waals surface area contributed by atoms with Crippen molar-refractivity contribution in [2.24, 2.45) is 0 Å². The average Bonchev–Trinajstić information content (AvgIpc) is 3.31. The molecule has 0 radical (unpaired) electrons. The number of amides is 1. The predicted octanol–water partition coefficient (Wildman–Crippen LogP) is 4.05. The molecule has 0 saturated heterocycles. The first-order chi connectivity index (χ1) is 17.3. The summed E-state index contributed by atoms with van der Waals surface area (Å²) in [7, 11) is -3.93. The molecule has 36 heavy (non-hydrogen) atoms. The Balaban J connectivity index is 1.34. The van der Waals surface area contributed by atoms with Gasteiger partial charge in [-0.1, -0.05) is 6.07 Å². The summed E-state index contributed by atoms with van der Waals surface area (Å²) in [6, 6.07) is 11.1. The van der Waals surface area contributed by atoms with Crippen LogP contribution in [0, 0.1) is 25.2 Å². The smallest absolute Gasteiger partial charge is 0.261 e. The van der Waals surface area contributed by atoms with E-state index < -0.39 is 10.0 Å². The lowest BCUT2D eigenvalue weighted by molar-refractivity contribution is 0.0932. The largest absolute Gasteiger partial charge is 0.358 e. The van der Waals surface area contributed by atoms with Crippen LogP contribution >= 0.6 is 0 Å². The van der Waals surface area contributed by atoms with Gasteiger partial charge in [-0.15, -0.1) is 0 Å². The fourth-order valence-electron chi connectivity index (χ4n) is 4.62. The van der Waals surface area contributed by atoms with Crippen LogP contribution in [0.5, 0.6) is 0 Å². The molecular weight excluding hydrogens is 476 g/mol. The van der Waals surface area contributed by atoms with E-state index in [0.29, 0.717) is 33.5 Å². The number of fused-ring (bicyclic) bond motifs is 2. The van der Waals surface area contributed by atoms with Crippen molar-refractivity contribution >= 4 is 32.5 Å². The third-order valence-electron chi connectivity index (χ3n) is 6.44. The van der Waals surface area contributed by atoms with Crippen molar-refractivity contribution in [1.29, 1.82) is 5.26 Å². The van der Waals surface area contributed by atoms with Crippen LogP contribution in [0.4, 0.5) is 5.69 Å². The lowest BCUT2D eigenvalue weighted by Crippen LogP contribution is -2.31. The van der Waals surface area contributed by atoms with Gasteiger partial charge in [0.05, 0.1) is 27.7 Å². The third kappa shape index (κ3) is 4.29. The van der Waals surface area contributed by atoms with Gasteiger partial charge < -0.3 is 10.3 Å². The molecule has 182 valence electrons. The van der Waals surface area contributed by atoms with E-state index in [1.807, 2.05) is 13.8 Å². The van der Waals surface area contributed by atoms with E-state index in [-0.39, 0.29) is 16.8 Å². The number of sulfonamides is 1. The molecule has 3 N–H and O–H groups in total. The maximum absolute atomic E-state index is 13.1. The van der Waals surface area contributed by atoms with Crippen molar-refractivity contribution in [3.05, 3.63) is 82.6 Å². The van der Waals surface area contributed by atoms with E-state index in [2.05, 4.69) is 31.1 Å². The topological polar surface area (TPSA) is 141 Å². The Bertz CT molecular complexity index is 1630. The van der Waals surface area contributed by atoms with Gasteiger partial charge in [0.25, 0.3) is 15.9 Å². The molecule has 0 spiro atoms. The quantitative estimate of drug-likeness (QED) is 0.377. The highest BCUT2D eigenvalue weighted by Gasteiger charge is 2.24. The Morgan fingerprint density at radius 3 is 2.69 bits per heavy atom. The molecule has 0 bridgehead atoms. The zero-order chi connectivity index (χ0) is 25.4. The van der Waals surface area contributed by atoms with Crippen LogP contribution in [0.3, 0.4) is 0 Å². The second-order valence-electron chi connectivity index (χ2n) is 8.86. The first kappa shape index (κ1) is 23.5. The van der Waals surface area contributed by atoms with Crippen LogP contribution in [-0.2, 0) is 16.4 Å². The molecule has 1 aliphatic rings. The molecule has 2 aromatic heterocycles. The average molecular weight is 501 g/mol. The fourth-order valence-corrected chi connectivity index (χ4v) is 5.69. The molecule has 1 unspecified atom stereocenters. The molecule has 1 atom stereocenters. The van der Waals surface area contributed by atoms with Gasteiger partial charge in [0.1, 0.15) is 11.9 Å². The Hall–Kier alpha value is -4.23. The molecule has 1 amide bonds. The summed E-state index contributed by atoms with van der Waals surface area (Å²) in [5.41, 5.74) is 4.43. The third-order valence-corrected chi connectivity index (χ3v) is 7.82. The number of nitrogens with one attached hydrogen (secondary N) is 3. The minimum Gasteiger partial charge on any atom is -0.358 e. The number of carbonyl (C=O) groups excluding carboxylic acids is 1. The summed E-state index contributed by atoms with van der Waals surface area (Å²) in [6.45, 7) is 3.70. The number of carbonyl (C=O) groups is 1. The second kappa shape index (κ2) is 9.09. The van der Waals surface area contributed by atoms with Gasteiger partial charge in [-0.25, -0.2) is 18.4 Å². The first-order valence-electron chi connectivity index (χ1n) is 11.5. The molecule has 2 heterocycles. The van der Waals surface area contributed by atoms with Gasteiger partial charge in [-0.2, -0.15) is 5.26 Å². The second-order valence-corrected chi connectivity index (χ2v) is 10.5. The van der Waals surface area contributed by atoms with Gasteiger partial charge >= 0.3 is 0 Å². The highest BCUT2D eigenvalue weighted by atomic mass is 32.2. The molecule has 10 heteroatoms. The van der Waals surface area contributed by atoms with Crippen LogP contribution in [0.2, 0.25) is 0 Å². The molecular formula is C26H24N6O3S. The zero-order valence-corrected chi connectivity index (χ0v) is 20.6. The number of rotatable bonds is 5. The standard InChI is InChI=1S/C26H24N6O3S/c1-15-6-11-23(25-24(15)18(12-27)13-29-25)32-36(34,35)19-9-7-17(8-10-19)26(33)31-22-5-3-4-21-20(22)14-28-16(2)30-21/h6-11,13-14,22,29,32H,3-5H2,1-2H3,(H,31,33). The van der Waals surface area contributed by atoms with E-state index in [9.17, 15) is 18.5 Å². The zero-order valence-electron chi connectivity index (χ0n) is 19.8. The van der Waals surface area contributed by atoms with Gasteiger partial charge in [-0.05, 0) is 69.0 Å². The summed E-state index contributed by atoms with van der Waals surface area (Å²) < 4.78 is 28.7. The van der Waals surface area contributed by atoms with Crippen LogP contribution < -0.4 is 10.0 Å². The number of benzene rings is 2. The Labute approximate surface area is 208 Å². The monoisotopic (exact) mass is 500 g/mol. The number of H-pyrrole nitrogens is 1. The van der Waals surface area contributed by atoms with E-state index in [0.717, 1.165) is 36.1 Å². The maximum atomic E-state index is 13.1. The van der Waals surface area contributed by atoms with Crippen LogP contribution in [-0.4, -0.2) is 29.3 Å². The SMILES string of the molecule is Cc1ncc2c(n1)CCCC2NC(=O)c1ccc(S(=O)(=O)Nc2ccc(C)c3c(C#N)c[nH]c23)cc1. The number of aromatic amines is 1. The number of hydrogen-bond donors (Lipinski definition) is 3. The first-order valence-corrected chi connectivity index (χ1v) is 13.0. The highest BCUT2D eigenvalue weighted by Crippen LogP contribution is 2.31. The molecule has 0 aliphatic heterocycles. The molecule has 1 aliphatic carbocycles. The molecule has 9 nitrogen and oxygen atoms in total. The normalized spacial score (nSPS) is 15.2. The summed E-state index contributed by atoms with van der Waals surface area (Å²) in [6.07, 6.45) is 5.90. The Kier molecular flexibility index (Phi) is 5.94. The fraction of sp³-hybridized carbons (Fsp3) is 0.231. The molecule has 0 saturated carbocycles. The van der Waals surface area contributed by atoms with Crippen molar-refractivity contribution in [1.82, 2.24) is 20.3 Å². The number of anilines is 1. The van der Waals surface area contributed by atoms with Crippen molar-refractivity contribution < 1.29 is 13.2 Å². The summed E-state index contributed by atoms with van der Waals surface area (Å²) in [5, 5.41) is 13.0. The number of nitrogens with zero attached hydrogens (tertiary/aromatic N) is 3. The predicted molar refractivity (Wildman–Crippen MR) is 135 cm³/mol. The molecule has 2 aromatic carbocycles. The van der Waals surface area contributed by atoms with Gasteiger partial charge in [0, 0.05) is 34.6 Å². The number of nitriles is 1. The van der Waals surface area contributed by atoms with Crippen LogP contribution in [0.15, 0.2) is 53.7 Å². The number of aryl methyl sites for hydroxylation is 3. The van der Waals surface area contributed by atoms with E-state index in [4.69, 9.17) is 0 Å². The van der Waals surface area contributed by atoms with Crippen molar-refractivity contribution in [2.45, 2.75) is 44.0 Å². The Morgan fingerprint density at radius 1 is 1.17 bits per heavy atom. The van der Waals surface area contributed by atoms with Gasteiger partial charge in [-0.3, -0.25) is 9.52 Å². The minimum absolute atomic E-state index is 0.0201. The van der Waals surface area contributed by atoms with Crippen LogP contribution in [0.25, 0.3) is 10.9 Å². The molecule has 4 aromatic rings. The number of aromatic nitrogens is 3. The van der Waals surface area contributed by atoms with Crippen LogP contribution in [0.1, 0.15) is 57.5 Å². The molecule has 5 rings (SSSR count). The summed E-state index contributed by atoms with van der Waals surface area (Å²) in [5.74, 6) is 0.417. The Morgan fingerprint density at radius 2 is 1.94 bits per heavy atom. The highest BCUT2D eigenvalue weighted by molar-refractivity contribution is 7.92. The summed E-state index contributed by atoms with van der Waals surface area (Å²) >= 11 is 0. The van der Waals surface area contributed by atoms with E-state index in [1.165, 1.54) is 24.3 Å². The van der Waals surface area contributed by atoms with Gasteiger partial charge in [0.15, 0.2) is 0 Å². The lowest BCUT2D eigenvalue weighted by Gasteiger charge is -2.25. The number of hydrogen-bond acceptors (Lipinski definition) is 6. The van der Waals surface area contributed by atoms with E-state index in [1.54, 1.807) is 24.5 Å². The van der Waals surface area contributed by atoms with Gasteiger partial charge in [0.2, 0.25) is 0 Å². The minimum atomic E-state index is -3.93. The van der Waals surface area contributed by atoms with E-state index >= 15 is 0 Å². The van der Waals surface area contributed by atoms with Crippen molar-refractivity contribution in [3.8, 4) is 6.07 Å².